The van der Waals surface area contributed by atoms with E-state index in [9.17, 15) is 0 Å². The molecular weight excluding hydrogens is 208 g/mol. The Balaban J connectivity index is 2.97. The van der Waals surface area contributed by atoms with Crippen LogP contribution in [0.3, 0.4) is 0 Å². The highest BCUT2D eigenvalue weighted by atomic mass is 16.2. The van der Waals surface area contributed by atoms with E-state index >= 15 is 0 Å². The van der Waals surface area contributed by atoms with Gasteiger partial charge < -0.3 is 5.11 Å². The fourth-order valence-electron chi connectivity index (χ4n) is 2.01. The van der Waals surface area contributed by atoms with Gasteiger partial charge in [-0.15, -0.1) is 0 Å². The second kappa shape index (κ2) is 15.7. The van der Waals surface area contributed by atoms with Crippen molar-refractivity contribution in [1.82, 2.24) is 0 Å². The first-order chi connectivity index (χ1) is 8.41. The van der Waals surface area contributed by atoms with E-state index in [1.807, 2.05) is 0 Å². The summed E-state index contributed by atoms with van der Waals surface area (Å²) in [5, 5.41) is 8.62. The molecule has 0 atom stereocenters. The lowest BCUT2D eigenvalue weighted by Gasteiger charge is -1.99. The van der Waals surface area contributed by atoms with Gasteiger partial charge in [-0.1, -0.05) is 64.0 Å². The van der Waals surface area contributed by atoms with E-state index in [4.69, 9.17) is 5.11 Å². The zero-order chi connectivity index (χ0) is 12.6. The maximum Gasteiger partial charge on any atom is 0.0431 e. The summed E-state index contributed by atoms with van der Waals surface area (Å²) < 4.78 is 0. The first-order valence-corrected chi connectivity index (χ1v) is 7.67. The zero-order valence-electron chi connectivity index (χ0n) is 11.8. The maximum atomic E-state index is 8.62. The summed E-state index contributed by atoms with van der Waals surface area (Å²) in [5.74, 6) is 0. The topological polar surface area (TPSA) is 20.2 Å². The molecule has 0 bridgehead atoms. The first kappa shape index (κ1) is 16.7. The summed E-state index contributed by atoms with van der Waals surface area (Å²) in [5.41, 5.74) is 0. The monoisotopic (exact) mass is 240 g/mol. The number of aliphatic hydroxyl groups is 1. The van der Waals surface area contributed by atoms with Crippen molar-refractivity contribution in [3.8, 4) is 0 Å². The third-order valence-electron chi connectivity index (χ3n) is 3.17. The molecule has 0 aliphatic heterocycles. The van der Waals surface area contributed by atoms with Crippen molar-refractivity contribution < 1.29 is 5.11 Å². The smallest absolute Gasteiger partial charge is 0.0431 e. The SMILES string of the molecule is CCCCCCCCCCC=CCCCCO. The first-order valence-electron chi connectivity index (χ1n) is 7.67. The Morgan fingerprint density at radius 2 is 1.12 bits per heavy atom. The van der Waals surface area contributed by atoms with E-state index < -0.39 is 0 Å². The molecule has 17 heavy (non-hydrogen) atoms. The van der Waals surface area contributed by atoms with Crippen LogP contribution in [0.2, 0.25) is 0 Å². The van der Waals surface area contributed by atoms with Crippen molar-refractivity contribution in [2.75, 3.05) is 6.61 Å². The minimum absolute atomic E-state index is 0.339. The minimum Gasteiger partial charge on any atom is -0.396 e. The molecule has 0 radical (unpaired) electrons. The van der Waals surface area contributed by atoms with Gasteiger partial charge in [0.2, 0.25) is 0 Å². The van der Waals surface area contributed by atoms with E-state index in [-0.39, 0.29) is 0 Å². The van der Waals surface area contributed by atoms with Gasteiger partial charge in [-0.2, -0.15) is 0 Å². The van der Waals surface area contributed by atoms with Gasteiger partial charge in [0.05, 0.1) is 0 Å². The van der Waals surface area contributed by atoms with E-state index in [0.717, 1.165) is 19.3 Å². The van der Waals surface area contributed by atoms with Crippen LogP contribution >= 0.6 is 0 Å². The molecule has 1 N–H and O–H groups in total. The van der Waals surface area contributed by atoms with Gasteiger partial charge in [0.25, 0.3) is 0 Å². The van der Waals surface area contributed by atoms with Gasteiger partial charge in [0, 0.05) is 6.61 Å². The lowest BCUT2D eigenvalue weighted by Crippen LogP contribution is -1.81. The molecule has 0 fully saturated rings. The van der Waals surface area contributed by atoms with E-state index in [2.05, 4.69) is 19.1 Å². The number of hydrogen-bond acceptors (Lipinski definition) is 1. The van der Waals surface area contributed by atoms with Crippen LogP contribution in [0, 0.1) is 0 Å². The van der Waals surface area contributed by atoms with E-state index in [1.54, 1.807) is 0 Å². The summed E-state index contributed by atoms with van der Waals surface area (Å²) in [6, 6.07) is 0. The van der Waals surface area contributed by atoms with Crippen LogP contribution < -0.4 is 0 Å². The Morgan fingerprint density at radius 3 is 1.65 bits per heavy atom. The Labute approximate surface area is 108 Å². The quantitative estimate of drug-likeness (QED) is 0.345. The summed E-state index contributed by atoms with van der Waals surface area (Å²) in [6.45, 7) is 2.61. The Kier molecular flexibility index (Phi) is 15.4. The molecule has 0 heterocycles. The van der Waals surface area contributed by atoms with Crippen molar-refractivity contribution >= 4 is 0 Å². The van der Waals surface area contributed by atoms with Gasteiger partial charge in [0.15, 0.2) is 0 Å². The van der Waals surface area contributed by atoms with Crippen molar-refractivity contribution in [2.45, 2.75) is 84.0 Å². The van der Waals surface area contributed by atoms with Crippen LogP contribution in [0.25, 0.3) is 0 Å². The predicted octanol–water partition coefficient (Wildman–Crippen LogP) is 5.24. The van der Waals surface area contributed by atoms with Crippen LogP contribution in [0.1, 0.15) is 84.0 Å². The highest BCUT2D eigenvalue weighted by Gasteiger charge is 1.90. The number of rotatable bonds is 13. The molecule has 1 heteroatoms. The molecule has 0 rings (SSSR count). The zero-order valence-corrected chi connectivity index (χ0v) is 11.8. The molecule has 0 saturated carbocycles. The van der Waals surface area contributed by atoms with Crippen molar-refractivity contribution in [1.29, 1.82) is 0 Å². The molecular formula is C16H32O. The largest absolute Gasteiger partial charge is 0.396 e. The summed E-state index contributed by atoms with van der Waals surface area (Å²) >= 11 is 0. The summed E-state index contributed by atoms with van der Waals surface area (Å²) in [6.07, 6.45) is 20.3. The number of allylic oxidation sites excluding steroid dienone is 2. The molecule has 0 aromatic heterocycles. The van der Waals surface area contributed by atoms with Crippen LogP contribution in [0.5, 0.6) is 0 Å². The fourth-order valence-corrected chi connectivity index (χ4v) is 2.01. The summed E-state index contributed by atoms with van der Waals surface area (Å²) in [4.78, 5) is 0. The average Bonchev–Trinajstić information content (AvgIpc) is 2.35. The Hall–Kier alpha value is -0.300. The van der Waals surface area contributed by atoms with Gasteiger partial charge >= 0.3 is 0 Å². The van der Waals surface area contributed by atoms with Crippen LogP contribution in [-0.4, -0.2) is 11.7 Å². The predicted molar refractivity (Wildman–Crippen MR) is 77.3 cm³/mol. The lowest BCUT2D eigenvalue weighted by atomic mass is 10.1. The molecule has 0 aromatic rings. The average molecular weight is 240 g/mol. The standard InChI is InChI=1S/C16H32O/c1-2-3-4-5-6-7-8-9-10-11-12-13-14-15-16-17/h11-12,17H,2-10,13-16H2,1H3. The third kappa shape index (κ3) is 15.7. The van der Waals surface area contributed by atoms with Crippen molar-refractivity contribution in [3.63, 3.8) is 0 Å². The van der Waals surface area contributed by atoms with Crippen LogP contribution in [0.15, 0.2) is 12.2 Å². The second-order valence-corrected chi connectivity index (χ2v) is 4.95. The molecule has 1 nitrogen and oxygen atoms in total. The van der Waals surface area contributed by atoms with Gasteiger partial charge in [-0.3, -0.25) is 0 Å². The molecule has 0 aromatic carbocycles. The molecule has 0 aliphatic carbocycles. The Bertz CT molecular complexity index is 152. The normalized spacial score (nSPS) is 11.4. The van der Waals surface area contributed by atoms with Crippen molar-refractivity contribution in [3.05, 3.63) is 12.2 Å². The van der Waals surface area contributed by atoms with Crippen LogP contribution in [-0.2, 0) is 0 Å². The second-order valence-electron chi connectivity index (χ2n) is 4.95. The maximum absolute atomic E-state index is 8.62. The minimum atomic E-state index is 0.339. The summed E-state index contributed by atoms with van der Waals surface area (Å²) in [7, 11) is 0. The number of aliphatic hydroxyl groups excluding tert-OH is 1. The molecule has 0 spiro atoms. The highest BCUT2D eigenvalue weighted by molar-refractivity contribution is 4.81. The van der Waals surface area contributed by atoms with E-state index in [1.165, 1.54) is 57.8 Å². The molecule has 0 aliphatic rings. The molecule has 0 saturated heterocycles. The Morgan fingerprint density at radius 1 is 0.647 bits per heavy atom. The van der Waals surface area contributed by atoms with Crippen molar-refractivity contribution in [2.24, 2.45) is 0 Å². The molecule has 0 amide bonds. The molecule has 102 valence electrons. The highest BCUT2D eigenvalue weighted by Crippen LogP contribution is 2.09. The molecule has 0 unspecified atom stereocenters. The van der Waals surface area contributed by atoms with Gasteiger partial charge in [-0.05, 0) is 32.1 Å². The van der Waals surface area contributed by atoms with E-state index in [0.29, 0.717) is 6.61 Å². The number of hydrogen-bond donors (Lipinski definition) is 1. The van der Waals surface area contributed by atoms with Gasteiger partial charge in [-0.25, -0.2) is 0 Å². The lowest BCUT2D eigenvalue weighted by molar-refractivity contribution is 0.285. The number of unbranched alkanes of at least 4 members (excludes halogenated alkanes) is 10. The van der Waals surface area contributed by atoms with Gasteiger partial charge in [0.1, 0.15) is 0 Å². The third-order valence-corrected chi connectivity index (χ3v) is 3.17. The fraction of sp³-hybridized carbons (Fsp3) is 0.875. The van der Waals surface area contributed by atoms with Crippen LogP contribution in [0.4, 0.5) is 0 Å².